The zero-order valence-corrected chi connectivity index (χ0v) is 38.1. The van der Waals surface area contributed by atoms with E-state index in [0.29, 0.717) is 19.3 Å². The van der Waals surface area contributed by atoms with E-state index in [2.05, 4.69) is 27.7 Å². The lowest BCUT2D eigenvalue weighted by molar-refractivity contribution is -0.167. The number of hydrogen-bond donors (Lipinski definition) is 0. The van der Waals surface area contributed by atoms with Crippen molar-refractivity contribution in [3.05, 3.63) is 0 Å². The van der Waals surface area contributed by atoms with Gasteiger partial charge in [-0.1, -0.05) is 240 Å². The maximum absolute atomic E-state index is 12.7. The third-order valence-electron chi connectivity index (χ3n) is 11.7. The molecule has 0 heterocycles. The first-order valence-electron chi connectivity index (χ1n) is 24.9. The lowest BCUT2D eigenvalue weighted by Crippen LogP contribution is -2.30. The molecular weight excluding hydrogens is 697 g/mol. The van der Waals surface area contributed by atoms with E-state index >= 15 is 0 Å². The Hall–Kier alpha value is -1.59. The highest BCUT2D eigenvalue weighted by atomic mass is 16.6. The van der Waals surface area contributed by atoms with Crippen molar-refractivity contribution in [2.45, 2.75) is 284 Å². The first kappa shape index (κ1) is 54.4. The van der Waals surface area contributed by atoms with Crippen LogP contribution in [-0.2, 0) is 28.6 Å². The van der Waals surface area contributed by atoms with Gasteiger partial charge in [0.1, 0.15) is 13.2 Å². The smallest absolute Gasteiger partial charge is 0.306 e. The van der Waals surface area contributed by atoms with Gasteiger partial charge in [-0.2, -0.15) is 0 Å². The second kappa shape index (κ2) is 44.5. The Morgan fingerprint density at radius 3 is 0.929 bits per heavy atom. The molecule has 0 amide bonds. The van der Waals surface area contributed by atoms with Crippen LogP contribution in [-0.4, -0.2) is 37.2 Å². The molecule has 0 aromatic carbocycles. The Kier molecular flexibility index (Phi) is 43.2. The van der Waals surface area contributed by atoms with Crippen LogP contribution in [0.1, 0.15) is 278 Å². The van der Waals surface area contributed by atoms with Gasteiger partial charge >= 0.3 is 17.9 Å². The summed E-state index contributed by atoms with van der Waals surface area (Å²) in [5.74, 6) is 0.0174. The average Bonchev–Trinajstić information content (AvgIpc) is 3.19. The Bertz CT molecular complexity index is 843. The fourth-order valence-electron chi connectivity index (χ4n) is 7.48. The predicted molar refractivity (Wildman–Crippen MR) is 238 cm³/mol. The van der Waals surface area contributed by atoms with Crippen LogP contribution < -0.4 is 0 Å². The van der Waals surface area contributed by atoms with Crippen molar-refractivity contribution in [3.8, 4) is 0 Å². The monoisotopic (exact) mass is 793 g/mol. The molecule has 56 heavy (non-hydrogen) atoms. The molecule has 0 aromatic rings. The van der Waals surface area contributed by atoms with Crippen molar-refractivity contribution in [2.24, 2.45) is 5.92 Å². The van der Waals surface area contributed by atoms with Gasteiger partial charge in [-0.3, -0.25) is 14.4 Å². The number of rotatable bonds is 45. The third-order valence-corrected chi connectivity index (χ3v) is 11.7. The Morgan fingerprint density at radius 2 is 0.625 bits per heavy atom. The van der Waals surface area contributed by atoms with Gasteiger partial charge in [-0.05, 0) is 25.2 Å². The van der Waals surface area contributed by atoms with Crippen molar-refractivity contribution in [1.29, 1.82) is 0 Å². The summed E-state index contributed by atoms with van der Waals surface area (Å²) in [7, 11) is 0. The fraction of sp³-hybridized carbons (Fsp3) is 0.940. The molecule has 0 aliphatic heterocycles. The van der Waals surface area contributed by atoms with Gasteiger partial charge in [0, 0.05) is 19.3 Å². The van der Waals surface area contributed by atoms with Gasteiger partial charge in [-0.15, -0.1) is 0 Å². The zero-order valence-electron chi connectivity index (χ0n) is 38.1. The number of esters is 3. The Balaban J connectivity index is 4.29. The van der Waals surface area contributed by atoms with E-state index < -0.39 is 6.10 Å². The molecule has 0 spiro atoms. The molecule has 6 heteroatoms. The normalized spacial score (nSPS) is 12.4. The van der Waals surface area contributed by atoms with E-state index in [-0.39, 0.29) is 31.1 Å². The SMILES string of the molecule is CCCCCCCCCCCCCCCCCC(=O)OC[C@H](COC(=O)CCCCCCCCCCC)OC(=O)CCCCCCCCCCCCC(C)CC. The van der Waals surface area contributed by atoms with Crippen molar-refractivity contribution < 1.29 is 28.6 Å². The van der Waals surface area contributed by atoms with Crippen molar-refractivity contribution in [3.63, 3.8) is 0 Å². The van der Waals surface area contributed by atoms with E-state index in [9.17, 15) is 14.4 Å². The maximum Gasteiger partial charge on any atom is 0.306 e. The van der Waals surface area contributed by atoms with Crippen molar-refractivity contribution in [2.75, 3.05) is 13.2 Å². The number of hydrogen-bond acceptors (Lipinski definition) is 6. The largest absolute Gasteiger partial charge is 0.462 e. The number of carbonyl (C=O) groups excluding carboxylic acids is 3. The quantitative estimate of drug-likeness (QED) is 0.0347. The maximum atomic E-state index is 12.7. The van der Waals surface area contributed by atoms with E-state index in [4.69, 9.17) is 14.2 Å². The Morgan fingerprint density at radius 1 is 0.357 bits per heavy atom. The molecule has 0 N–H and O–H groups in total. The molecule has 2 atom stereocenters. The van der Waals surface area contributed by atoms with Crippen LogP contribution in [0, 0.1) is 5.92 Å². The van der Waals surface area contributed by atoms with Gasteiger partial charge in [0.2, 0.25) is 0 Å². The minimum atomic E-state index is -0.759. The van der Waals surface area contributed by atoms with Crippen LogP contribution in [0.25, 0.3) is 0 Å². The molecular formula is C50H96O6. The molecule has 0 aliphatic carbocycles. The molecule has 0 saturated heterocycles. The highest BCUT2D eigenvalue weighted by Gasteiger charge is 2.19. The Labute approximate surface area is 348 Å². The minimum absolute atomic E-state index is 0.0632. The fourth-order valence-corrected chi connectivity index (χ4v) is 7.48. The van der Waals surface area contributed by atoms with Crippen molar-refractivity contribution >= 4 is 17.9 Å². The van der Waals surface area contributed by atoms with Crippen LogP contribution in [0.5, 0.6) is 0 Å². The highest BCUT2D eigenvalue weighted by molar-refractivity contribution is 5.71. The second-order valence-electron chi connectivity index (χ2n) is 17.3. The van der Waals surface area contributed by atoms with E-state index in [0.717, 1.165) is 63.7 Å². The number of unbranched alkanes of at least 4 members (excludes halogenated alkanes) is 31. The molecule has 0 aliphatic rings. The van der Waals surface area contributed by atoms with Gasteiger partial charge in [-0.25, -0.2) is 0 Å². The summed E-state index contributed by atoms with van der Waals surface area (Å²) >= 11 is 0. The molecule has 0 rings (SSSR count). The molecule has 0 fully saturated rings. The number of carbonyl (C=O) groups is 3. The standard InChI is InChI=1S/C50H96O6/c1-5-8-10-12-14-16-17-18-19-20-21-26-30-34-38-42-49(52)55-45-47(44-54-48(51)41-37-33-29-24-15-13-11-9-6-2)56-50(53)43-39-35-31-27-23-22-25-28-32-36-40-46(4)7-3/h46-47H,5-45H2,1-4H3/t46?,47-/m0/s1. The predicted octanol–water partition coefficient (Wildman–Crippen LogP) is 15.9. The molecule has 1 unspecified atom stereocenters. The summed E-state index contributed by atoms with van der Waals surface area (Å²) in [5, 5.41) is 0. The first-order chi connectivity index (χ1) is 27.4. The molecule has 6 nitrogen and oxygen atoms in total. The van der Waals surface area contributed by atoms with Crippen LogP contribution >= 0.6 is 0 Å². The van der Waals surface area contributed by atoms with E-state index in [1.165, 1.54) is 173 Å². The molecule has 0 bridgehead atoms. The molecule has 0 aromatic heterocycles. The molecule has 332 valence electrons. The lowest BCUT2D eigenvalue weighted by Gasteiger charge is -2.18. The summed E-state index contributed by atoms with van der Waals surface area (Å²) < 4.78 is 16.8. The summed E-state index contributed by atoms with van der Waals surface area (Å²) in [5.41, 5.74) is 0. The van der Waals surface area contributed by atoms with Gasteiger partial charge in [0.25, 0.3) is 0 Å². The van der Waals surface area contributed by atoms with E-state index in [1.807, 2.05) is 0 Å². The third kappa shape index (κ3) is 42.0. The second-order valence-corrected chi connectivity index (χ2v) is 17.3. The van der Waals surface area contributed by atoms with Crippen molar-refractivity contribution in [1.82, 2.24) is 0 Å². The van der Waals surface area contributed by atoms with Crippen LogP contribution in [0.4, 0.5) is 0 Å². The summed E-state index contributed by atoms with van der Waals surface area (Å²) in [6, 6.07) is 0. The number of ether oxygens (including phenoxy) is 3. The van der Waals surface area contributed by atoms with E-state index in [1.54, 1.807) is 0 Å². The minimum Gasteiger partial charge on any atom is -0.462 e. The molecule has 0 radical (unpaired) electrons. The van der Waals surface area contributed by atoms with Gasteiger partial charge in [0.05, 0.1) is 0 Å². The zero-order chi connectivity index (χ0) is 41.0. The summed E-state index contributed by atoms with van der Waals surface area (Å²) in [6.07, 6.45) is 45.1. The molecule has 0 saturated carbocycles. The van der Waals surface area contributed by atoms with Gasteiger partial charge < -0.3 is 14.2 Å². The summed E-state index contributed by atoms with van der Waals surface area (Å²) in [4.78, 5) is 37.8. The van der Waals surface area contributed by atoms with Crippen LogP contribution in [0.3, 0.4) is 0 Å². The highest BCUT2D eigenvalue weighted by Crippen LogP contribution is 2.17. The summed E-state index contributed by atoms with van der Waals surface area (Å²) in [6.45, 7) is 9.02. The van der Waals surface area contributed by atoms with Crippen LogP contribution in [0.2, 0.25) is 0 Å². The van der Waals surface area contributed by atoms with Crippen LogP contribution in [0.15, 0.2) is 0 Å². The topological polar surface area (TPSA) is 78.9 Å². The lowest BCUT2D eigenvalue weighted by atomic mass is 9.99. The van der Waals surface area contributed by atoms with Gasteiger partial charge in [0.15, 0.2) is 6.10 Å². The first-order valence-corrected chi connectivity index (χ1v) is 24.9. The average molecular weight is 793 g/mol.